The van der Waals surface area contributed by atoms with Gasteiger partial charge in [-0.05, 0) is 28.9 Å². The molecule has 0 saturated heterocycles. The van der Waals surface area contributed by atoms with Gasteiger partial charge in [-0.2, -0.15) is 5.10 Å². The van der Waals surface area contributed by atoms with Crippen molar-refractivity contribution >= 4 is 33.3 Å². The summed E-state index contributed by atoms with van der Waals surface area (Å²) in [5.41, 5.74) is 0. The van der Waals surface area contributed by atoms with E-state index in [2.05, 4.69) is 36.3 Å². The molecule has 0 bridgehead atoms. The van der Waals surface area contributed by atoms with Gasteiger partial charge in [-0.1, -0.05) is 11.6 Å². The molecule has 0 aliphatic rings. The maximum Gasteiger partial charge on any atom is 0.148 e. The summed E-state index contributed by atoms with van der Waals surface area (Å²) in [4.78, 5) is 8.00. The van der Waals surface area contributed by atoms with E-state index >= 15 is 0 Å². The number of anilines is 1. The normalized spacial score (nSPS) is 12.4. The highest BCUT2D eigenvalue weighted by molar-refractivity contribution is 9.10. The molecule has 17 heavy (non-hydrogen) atoms. The van der Waals surface area contributed by atoms with E-state index in [0.29, 0.717) is 15.4 Å². The molecule has 0 aliphatic heterocycles. The number of halogens is 2. The minimum absolute atomic E-state index is 0.178. The van der Waals surface area contributed by atoms with Gasteiger partial charge in [-0.3, -0.25) is 4.68 Å². The number of aromatic nitrogens is 4. The van der Waals surface area contributed by atoms with E-state index < -0.39 is 0 Å². The molecule has 0 aromatic carbocycles. The summed E-state index contributed by atoms with van der Waals surface area (Å²) in [6.07, 6.45) is 5.10. The molecule has 0 amide bonds. The summed E-state index contributed by atoms with van der Waals surface area (Å²) >= 11 is 9.23. The lowest BCUT2D eigenvalue weighted by atomic mass is 10.3. The van der Waals surface area contributed by atoms with Gasteiger partial charge >= 0.3 is 0 Å². The van der Waals surface area contributed by atoms with E-state index in [9.17, 15) is 0 Å². The Labute approximate surface area is 112 Å². The van der Waals surface area contributed by atoms with E-state index in [1.807, 2.05) is 23.9 Å². The highest BCUT2D eigenvalue weighted by atomic mass is 79.9. The lowest BCUT2D eigenvalue weighted by Gasteiger charge is -2.15. The second-order valence-electron chi connectivity index (χ2n) is 3.60. The van der Waals surface area contributed by atoms with Crippen molar-refractivity contribution in [2.75, 3.05) is 5.32 Å². The van der Waals surface area contributed by atoms with E-state index in [0.717, 1.165) is 6.54 Å². The molecule has 2 heterocycles. The first-order chi connectivity index (χ1) is 8.16. The van der Waals surface area contributed by atoms with Crippen LogP contribution in [0.5, 0.6) is 0 Å². The monoisotopic (exact) mass is 315 g/mol. The molecule has 90 valence electrons. The molecule has 0 radical (unpaired) electrons. The van der Waals surface area contributed by atoms with Gasteiger partial charge in [0.15, 0.2) is 0 Å². The van der Waals surface area contributed by atoms with Crippen LogP contribution >= 0.6 is 27.5 Å². The molecule has 1 unspecified atom stereocenters. The lowest BCUT2D eigenvalue weighted by molar-refractivity contribution is 0.559. The number of rotatable bonds is 4. The predicted molar refractivity (Wildman–Crippen MR) is 70.1 cm³/mol. The molecule has 5 nitrogen and oxygen atoms in total. The van der Waals surface area contributed by atoms with E-state index in [4.69, 9.17) is 11.6 Å². The van der Waals surface area contributed by atoms with Crippen molar-refractivity contribution in [1.82, 2.24) is 19.7 Å². The third kappa shape index (κ3) is 3.17. The van der Waals surface area contributed by atoms with Crippen LogP contribution < -0.4 is 5.32 Å². The molecular weight excluding hydrogens is 306 g/mol. The van der Waals surface area contributed by atoms with E-state index in [1.165, 1.54) is 6.33 Å². The van der Waals surface area contributed by atoms with Crippen LogP contribution in [0.25, 0.3) is 0 Å². The maximum absolute atomic E-state index is 5.88. The number of nitrogens with zero attached hydrogens (tertiary/aromatic N) is 4. The Kier molecular flexibility index (Phi) is 3.96. The third-order valence-corrected chi connectivity index (χ3v) is 3.42. The van der Waals surface area contributed by atoms with Crippen LogP contribution in [0.4, 0.5) is 5.82 Å². The van der Waals surface area contributed by atoms with Gasteiger partial charge in [-0.15, -0.1) is 0 Å². The first-order valence-corrected chi connectivity index (χ1v) is 6.24. The molecular formula is C10H11BrClN5. The maximum atomic E-state index is 5.88. The molecule has 0 aliphatic carbocycles. The Balaban J connectivity index is 2.03. The highest BCUT2D eigenvalue weighted by Gasteiger charge is 2.10. The molecule has 0 saturated carbocycles. The van der Waals surface area contributed by atoms with Crippen LogP contribution in [-0.2, 0) is 6.54 Å². The van der Waals surface area contributed by atoms with Crippen LogP contribution in [0.3, 0.4) is 0 Å². The summed E-state index contributed by atoms with van der Waals surface area (Å²) < 4.78 is 2.53. The standard InChI is InChI=1S/C10H11BrClN5/c1-7(5-17-4-2-3-15-17)16-10-8(11)9(12)13-6-14-10/h2-4,6-7H,5H2,1H3,(H,13,14,16). The fourth-order valence-electron chi connectivity index (χ4n) is 1.42. The van der Waals surface area contributed by atoms with Crippen LogP contribution in [0.2, 0.25) is 5.15 Å². The minimum atomic E-state index is 0.178. The van der Waals surface area contributed by atoms with E-state index in [-0.39, 0.29) is 6.04 Å². The Hall–Kier alpha value is -1.14. The largest absolute Gasteiger partial charge is 0.365 e. The predicted octanol–water partition coefficient (Wildman–Crippen LogP) is 2.59. The smallest absolute Gasteiger partial charge is 0.148 e. The fourth-order valence-corrected chi connectivity index (χ4v) is 1.87. The van der Waals surface area contributed by atoms with Crippen LogP contribution in [0.15, 0.2) is 29.3 Å². The van der Waals surface area contributed by atoms with Crippen molar-refractivity contribution in [3.63, 3.8) is 0 Å². The average Bonchev–Trinajstić information content (AvgIpc) is 2.77. The molecule has 2 aromatic heterocycles. The highest BCUT2D eigenvalue weighted by Crippen LogP contribution is 2.26. The topological polar surface area (TPSA) is 55.6 Å². The van der Waals surface area contributed by atoms with Crippen LogP contribution in [0, 0.1) is 0 Å². The summed E-state index contributed by atoms with van der Waals surface area (Å²) in [5, 5.41) is 7.79. The molecule has 2 aromatic rings. The quantitative estimate of drug-likeness (QED) is 0.881. The van der Waals surface area contributed by atoms with Crippen LogP contribution in [-0.4, -0.2) is 25.8 Å². The number of hydrogen-bond donors (Lipinski definition) is 1. The summed E-state index contributed by atoms with van der Waals surface area (Å²) in [6.45, 7) is 2.80. The van der Waals surface area contributed by atoms with Crippen molar-refractivity contribution < 1.29 is 0 Å². The van der Waals surface area contributed by atoms with Crippen LogP contribution in [0.1, 0.15) is 6.92 Å². The SMILES string of the molecule is CC(Cn1cccn1)Nc1ncnc(Cl)c1Br. The Morgan fingerprint density at radius 2 is 2.35 bits per heavy atom. The Morgan fingerprint density at radius 1 is 1.53 bits per heavy atom. The van der Waals surface area contributed by atoms with Crippen molar-refractivity contribution in [2.24, 2.45) is 0 Å². The molecule has 0 fully saturated rings. The second kappa shape index (κ2) is 5.46. The molecule has 1 N–H and O–H groups in total. The fraction of sp³-hybridized carbons (Fsp3) is 0.300. The zero-order valence-corrected chi connectivity index (χ0v) is 11.5. The van der Waals surface area contributed by atoms with Crippen molar-refractivity contribution in [2.45, 2.75) is 19.5 Å². The molecule has 7 heteroatoms. The van der Waals surface area contributed by atoms with E-state index in [1.54, 1.807) is 6.20 Å². The Morgan fingerprint density at radius 3 is 3.06 bits per heavy atom. The minimum Gasteiger partial charge on any atom is -0.365 e. The molecule has 0 spiro atoms. The van der Waals surface area contributed by atoms with Gasteiger partial charge in [0.05, 0.1) is 11.0 Å². The summed E-state index contributed by atoms with van der Waals surface area (Å²) in [5.74, 6) is 0.685. The Bertz CT molecular complexity index is 487. The van der Waals surface area contributed by atoms with Gasteiger partial charge in [0.25, 0.3) is 0 Å². The van der Waals surface area contributed by atoms with Crippen molar-refractivity contribution in [1.29, 1.82) is 0 Å². The van der Waals surface area contributed by atoms with Gasteiger partial charge in [0.1, 0.15) is 17.3 Å². The second-order valence-corrected chi connectivity index (χ2v) is 4.75. The molecule has 2 rings (SSSR count). The number of hydrogen-bond acceptors (Lipinski definition) is 4. The van der Waals surface area contributed by atoms with Gasteiger partial charge in [0, 0.05) is 18.4 Å². The zero-order valence-electron chi connectivity index (χ0n) is 9.14. The third-order valence-electron chi connectivity index (χ3n) is 2.15. The van der Waals surface area contributed by atoms with Gasteiger partial charge in [0.2, 0.25) is 0 Å². The average molecular weight is 317 g/mol. The number of nitrogens with one attached hydrogen (secondary N) is 1. The first kappa shape index (κ1) is 12.3. The van der Waals surface area contributed by atoms with Gasteiger partial charge in [-0.25, -0.2) is 9.97 Å². The first-order valence-electron chi connectivity index (χ1n) is 5.07. The van der Waals surface area contributed by atoms with Crippen molar-refractivity contribution in [3.8, 4) is 0 Å². The van der Waals surface area contributed by atoms with Gasteiger partial charge < -0.3 is 5.32 Å². The zero-order chi connectivity index (χ0) is 12.3. The summed E-state index contributed by atoms with van der Waals surface area (Å²) in [6, 6.07) is 2.07. The molecule has 1 atom stereocenters. The summed E-state index contributed by atoms with van der Waals surface area (Å²) in [7, 11) is 0. The van der Waals surface area contributed by atoms with Crippen molar-refractivity contribution in [3.05, 3.63) is 34.4 Å². The lowest BCUT2D eigenvalue weighted by Crippen LogP contribution is -2.23.